The molecule has 0 bridgehead atoms. The van der Waals surface area contributed by atoms with E-state index in [1.807, 2.05) is 0 Å². The standard InChI is InChI=1S/C12H14ClF2NO3/c1-3-19-9(17)4-7-6-16-10(12(14)15)8(5-13)11(7)18-2/h6,12H,3-5H2,1-2H3. The third-order valence-electron chi connectivity index (χ3n) is 2.42. The van der Waals surface area contributed by atoms with Crippen LogP contribution in [0.2, 0.25) is 0 Å². The first kappa shape index (κ1) is 15.6. The Hall–Kier alpha value is -1.43. The van der Waals surface area contributed by atoms with Crippen molar-refractivity contribution >= 4 is 17.6 Å². The fourth-order valence-corrected chi connectivity index (χ4v) is 1.92. The number of carbonyl (C=O) groups is 1. The molecular formula is C12H14ClF2NO3. The van der Waals surface area contributed by atoms with E-state index in [0.29, 0.717) is 5.56 Å². The number of nitrogens with zero attached hydrogens (tertiary/aromatic N) is 1. The van der Waals surface area contributed by atoms with Crippen LogP contribution in [0.25, 0.3) is 0 Å². The Bertz CT molecular complexity index is 455. The van der Waals surface area contributed by atoms with Gasteiger partial charge in [0.15, 0.2) is 0 Å². The van der Waals surface area contributed by atoms with Crippen molar-refractivity contribution in [3.63, 3.8) is 0 Å². The number of rotatable bonds is 6. The topological polar surface area (TPSA) is 48.4 Å². The third kappa shape index (κ3) is 3.76. The number of alkyl halides is 3. The molecule has 0 atom stereocenters. The zero-order valence-electron chi connectivity index (χ0n) is 10.6. The van der Waals surface area contributed by atoms with Crippen molar-refractivity contribution in [2.45, 2.75) is 25.7 Å². The smallest absolute Gasteiger partial charge is 0.310 e. The minimum atomic E-state index is -2.75. The summed E-state index contributed by atoms with van der Waals surface area (Å²) in [6.07, 6.45) is -1.66. The Kier molecular flexibility index (Phi) is 5.95. The van der Waals surface area contributed by atoms with Gasteiger partial charge in [-0.25, -0.2) is 8.78 Å². The molecule has 0 aliphatic heterocycles. The number of ether oxygens (including phenoxy) is 2. The Labute approximate surface area is 114 Å². The van der Waals surface area contributed by atoms with E-state index in [1.54, 1.807) is 6.92 Å². The maximum absolute atomic E-state index is 12.8. The molecule has 0 amide bonds. The van der Waals surface area contributed by atoms with Gasteiger partial charge in [-0.15, -0.1) is 11.6 Å². The summed E-state index contributed by atoms with van der Waals surface area (Å²) in [5.41, 5.74) is 0.0430. The average molecular weight is 294 g/mol. The van der Waals surface area contributed by atoms with E-state index < -0.39 is 18.1 Å². The fourth-order valence-electron chi connectivity index (χ4n) is 1.66. The number of esters is 1. The molecule has 0 saturated heterocycles. The molecule has 1 heterocycles. The molecular weight excluding hydrogens is 280 g/mol. The number of methoxy groups -OCH3 is 1. The second-order valence-electron chi connectivity index (χ2n) is 3.60. The number of halogens is 3. The Morgan fingerprint density at radius 1 is 1.53 bits per heavy atom. The van der Waals surface area contributed by atoms with Crippen molar-refractivity contribution < 1.29 is 23.0 Å². The second kappa shape index (κ2) is 7.23. The largest absolute Gasteiger partial charge is 0.496 e. The van der Waals surface area contributed by atoms with Crippen molar-refractivity contribution in [1.29, 1.82) is 0 Å². The van der Waals surface area contributed by atoms with Crippen molar-refractivity contribution in [1.82, 2.24) is 4.98 Å². The van der Waals surface area contributed by atoms with Crippen LogP contribution in [-0.2, 0) is 21.8 Å². The number of aromatic nitrogens is 1. The van der Waals surface area contributed by atoms with Crippen LogP contribution < -0.4 is 4.74 Å². The van der Waals surface area contributed by atoms with E-state index in [1.165, 1.54) is 13.3 Å². The highest BCUT2D eigenvalue weighted by molar-refractivity contribution is 6.17. The first-order chi connectivity index (χ1) is 9.04. The van der Waals surface area contributed by atoms with E-state index in [0.717, 1.165) is 0 Å². The zero-order valence-corrected chi connectivity index (χ0v) is 11.3. The van der Waals surface area contributed by atoms with Crippen molar-refractivity contribution in [3.8, 4) is 5.75 Å². The SMILES string of the molecule is CCOC(=O)Cc1cnc(C(F)F)c(CCl)c1OC. The lowest BCUT2D eigenvalue weighted by molar-refractivity contribution is -0.142. The molecule has 7 heteroatoms. The van der Waals surface area contributed by atoms with Gasteiger partial charge in [0, 0.05) is 17.3 Å². The molecule has 0 aliphatic rings. The van der Waals surface area contributed by atoms with Crippen LogP contribution in [-0.4, -0.2) is 24.7 Å². The van der Waals surface area contributed by atoms with Crippen LogP contribution in [0.1, 0.15) is 30.2 Å². The molecule has 0 aliphatic carbocycles. The highest BCUT2D eigenvalue weighted by atomic mass is 35.5. The maximum Gasteiger partial charge on any atom is 0.310 e. The molecule has 0 aromatic carbocycles. The average Bonchev–Trinajstić information content (AvgIpc) is 2.37. The highest BCUT2D eigenvalue weighted by Crippen LogP contribution is 2.32. The summed E-state index contributed by atoms with van der Waals surface area (Å²) in [5, 5.41) is 0. The van der Waals surface area contributed by atoms with E-state index in [-0.39, 0.29) is 30.2 Å². The number of pyridine rings is 1. The summed E-state index contributed by atoms with van der Waals surface area (Å²) in [4.78, 5) is 15.1. The van der Waals surface area contributed by atoms with Gasteiger partial charge < -0.3 is 9.47 Å². The third-order valence-corrected chi connectivity index (χ3v) is 2.69. The van der Waals surface area contributed by atoms with Gasteiger partial charge in [-0.2, -0.15) is 0 Å². The molecule has 0 spiro atoms. The second-order valence-corrected chi connectivity index (χ2v) is 3.86. The molecule has 1 rings (SSSR count). The summed E-state index contributed by atoms with van der Waals surface area (Å²) in [7, 11) is 1.33. The molecule has 0 saturated carbocycles. The van der Waals surface area contributed by atoms with E-state index in [2.05, 4.69) is 4.98 Å². The molecule has 0 fully saturated rings. The molecule has 0 radical (unpaired) electrons. The van der Waals surface area contributed by atoms with Gasteiger partial charge >= 0.3 is 5.97 Å². The first-order valence-electron chi connectivity index (χ1n) is 5.59. The van der Waals surface area contributed by atoms with Crippen molar-refractivity contribution in [2.75, 3.05) is 13.7 Å². The summed E-state index contributed by atoms with van der Waals surface area (Å²) < 4.78 is 35.4. The Morgan fingerprint density at radius 2 is 2.21 bits per heavy atom. The van der Waals surface area contributed by atoms with Crippen LogP contribution in [0.15, 0.2) is 6.20 Å². The lowest BCUT2D eigenvalue weighted by Crippen LogP contribution is -2.11. The fraction of sp³-hybridized carbons (Fsp3) is 0.500. The highest BCUT2D eigenvalue weighted by Gasteiger charge is 2.22. The van der Waals surface area contributed by atoms with Crippen molar-refractivity contribution in [2.24, 2.45) is 0 Å². The van der Waals surface area contributed by atoms with Gasteiger partial charge in [-0.1, -0.05) is 0 Å². The monoisotopic (exact) mass is 293 g/mol. The summed E-state index contributed by atoms with van der Waals surface area (Å²) >= 11 is 5.66. The summed E-state index contributed by atoms with van der Waals surface area (Å²) in [6, 6.07) is 0. The quantitative estimate of drug-likeness (QED) is 0.598. The van der Waals surface area contributed by atoms with E-state index in [9.17, 15) is 13.6 Å². The molecule has 19 heavy (non-hydrogen) atoms. The zero-order chi connectivity index (χ0) is 14.4. The van der Waals surface area contributed by atoms with E-state index >= 15 is 0 Å². The van der Waals surface area contributed by atoms with Gasteiger partial charge in [0.2, 0.25) is 0 Å². The van der Waals surface area contributed by atoms with Crippen LogP contribution in [0.4, 0.5) is 8.78 Å². The molecule has 0 N–H and O–H groups in total. The Balaban J connectivity index is 3.16. The summed E-state index contributed by atoms with van der Waals surface area (Å²) in [6.45, 7) is 1.92. The number of hydrogen-bond donors (Lipinski definition) is 0. The molecule has 4 nitrogen and oxygen atoms in total. The van der Waals surface area contributed by atoms with E-state index in [4.69, 9.17) is 21.1 Å². The lowest BCUT2D eigenvalue weighted by atomic mass is 10.1. The maximum atomic E-state index is 12.8. The molecule has 1 aromatic rings. The normalized spacial score (nSPS) is 10.6. The number of hydrogen-bond acceptors (Lipinski definition) is 4. The van der Waals surface area contributed by atoms with Gasteiger partial charge in [-0.05, 0) is 6.92 Å². The van der Waals surface area contributed by atoms with Crippen LogP contribution in [0, 0.1) is 0 Å². The van der Waals surface area contributed by atoms with Gasteiger partial charge in [-0.3, -0.25) is 9.78 Å². The predicted molar refractivity (Wildman–Crippen MR) is 65.6 cm³/mol. The first-order valence-corrected chi connectivity index (χ1v) is 6.12. The molecule has 106 valence electrons. The van der Waals surface area contributed by atoms with Crippen LogP contribution in [0.5, 0.6) is 5.75 Å². The van der Waals surface area contributed by atoms with Gasteiger partial charge in [0.25, 0.3) is 6.43 Å². The van der Waals surface area contributed by atoms with Crippen LogP contribution >= 0.6 is 11.6 Å². The molecule has 1 aromatic heterocycles. The Morgan fingerprint density at radius 3 is 2.68 bits per heavy atom. The molecule has 0 unspecified atom stereocenters. The van der Waals surface area contributed by atoms with Gasteiger partial charge in [0.1, 0.15) is 11.4 Å². The predicted octanol–water partition coefficient (Wildman–Crippen LogP) is 2.87. The van der Waals surface area contributed by atoms with Crippen molar-refractivity contribution in [3.05, 3.63) is 23.0 Å². The minimum Gasteiger partial charge on any atom is -0.496 e. The van der Waals surface area contributed by atoms with Crippen LogP contribution in [0.3, 0.4) is 0 Å². The summed E-state index contributed by atoms with van der Waals surface area (Å²) in [5.74, 6) is -0.492. The lowest BCUT2D eigenvalue weighted by Gasteiger charge is -2.14. The number of carbonyl (C=O) groups excluding carboxylic acids is 1. The minimum absolute atomic E-state index is 0.0981. The van der Waals surface area contributed by atoms with Gasteiger partial charge in [0.05, 0.1) is 26.0 Å².